The monoisotopic (exact) mass is 383 g/mol. The molecule has 6 nitrogen and oxygen atoms in total. The van der Waals surface area contributed by atoms with Gasteiger partial charge in [-0.3, -0.25) is 10.4 Å². The van der Waals surface area contributed by atoms with Crippen LogP contribution in [0.1, 0.15) is 15.9 Å². The van der Waals surface area contributed by atoms with E-state index < -0.39 is 17.6 Å². The minimum absolute atomic E-state index is 0.0339. The molecule has 0 radical (unpaired) electrons. The molecule has 0 aliphatic rings. The van der Waals surface area contributed by atoms with Crippen LogP contribution in [0.15, 0.2) is 66.0 Å². The molecule has 0 saturated carbocycles. The Morgan fingerprint density at radius 3 is 2.71 bits per heavy atom. The molecule has 28 heavy (non-hydrogen) atoms. The predicted molar refractivity (Wildman–Crippen MR) is 99.8 cm³/mol. The van der Waals surface area contributed by atoms with Crippen molar-refractivity contribution in [1.82, 2.24) is 4.98 Å². The molecule has 2 aromatic carbocycles. The number of hydrogen-bond donors (Lipinski definition) is 1. The molecule has 142 valence electrons. The lowest BCUT2D eigenvalue weighted by atomic mass is 10.2. The summed E-state index contributed by atoms with van der Waals surface area (Å²) in [6, 6.07) is 11.1. The van der Waals surface area contributed by atoms with E-state index in [-0.39, 0.29) is 11.4 Å². The van der Waals surface area contributed by atoms with Crippen LogP contribution >= 0.6 is 0 Å². The number of nitrogens with zero attached hydrogens (tertiary/aromatic N) is 2. The van der Waals surface area contributed by atoms with Gasteiger partial charge in [-0.1, -0.05) is 0 Å². The second kappa shape index (κ2) is 8.72. The molecule has 1 N–H and O–H groups in total. The number of anilines is 1. The fourth-order valence-corrected chi connectivity index (χ4v) is 2.25. The molecule has 3 aromatic rings. The van der Waals surface area contributed by atoms with Gasteiger partial charge in [0, 0.05) is 18.5 Å². The number of methoxy groups -OCH3 is 1. The highest BCUT2D eigenvalue weighted by molar-refractivity contribution is 5.91. The summed E-state index contributed by atoms with van der Waals surface area (Å²) >= 11 is 0. The van der Waals surface area contributed by atoms with E-state index >= 15 is 0 Å². The summed E-state index contributed by atoms with van der Waals surface area (Å²) < 4.78 is 37.0. The highest BCUT2D eigenvalue weighted by Crippen LogP contribution is 2.28. The number of benzene rings is 2. The SMILES string of the molecule is COc1cc(/C=N\Nc2ccc(F)cc2F)ccc1OC(=O)c1cccnc1. The summed E-state index contributed by atoms with van der Waals surface area (Å²) in [5.74, 6) is -1.46. The van der Waals surface area contributed by atoms with E-state index in [9.17, 15) is 13.6 Å². The van der Waals surface area contributed by atoms with E-state index in [1.54, 1.807) is 36.5 Å². The number of ether oxygens (including phenoxy) is 2. The van der Waals surface area contributed by atoms with Crippen molar-refractivity contribution in [1.29, 1.82) is 0 Å². The highest BCUT2D eigenvalue weighted by atomic mass is 19.1. The number of halogens is 2. The zero-order valence-electron chi connectivity index (χ0n) is 14.7. The van der Waals surface area contributed by atoms with E-state index in [0.717, 1.165) is 12.1 Å². The average molecular weight is 383 g/mol. The fraction of sp³-hybridized carbons (Fsp3) is 0.0500. The average Bonchev–Trinajstić information content (AvgIpc) is 2.71. The number of esters is 1. The number of hydrazone groups is 1. The van der Waals surface area contributed by atoms with Crippen molar-refractivity contribution in [2.75, 3.05) is 12.5 Å². The second-order valence-electron chi connectivity index (χ2n) is 5.54. The van der Waals surface area contributed by atoms with Crippen molar-refractivity contribution in [3.05, 3.63) is 83.7 Å². The first kappa shape index (κ1) is 19.0. The Bertz CT molecular complexity index is 1010. The van der Waals surface area contributed by atoms with Crippen molar-refractivity contribution in [3.63, 3.8) is 0 Å². The van der Waals surface area contributed by atoms with Crippen LogP contribution in [0.3, 0.4) is 0 Å². The summed E-state index contributed by atoms with van der Waals surface area (Å²) in [5.41, 5.74) is 3.43. The van der Waals surface area contributed by atoms with Gasteiger partial charge in [-0.05, 0) is 48.0 Å². The fourth-order valence-electron chi connectivity index (χ4n) is 2.25. The number of aromatic nitrogens is 1. The third kappa shape index (κ3) is 4.67. The van der Waals surface area contributed by atoms with Crippen LogP contribution in [-0.4, -0.2) is 24.3 Å². The second-order valence-corrected chi connectivity index (χ2v) is 5.54. The molecule has 0 aliphatic carbocycles. The molecule has 8 heteroatoms. The number of rotatable bonds is 6. The number of carbonyl (C=O) groups is 1. The standard InChI is InChI=1S/C20H15F2N3O3/c1-27-19-9-13(11-24-25-17-6-5-15(21)10-16(17)22)4-7-18(19)28-20(26)14-3-2-8-23-12-14/h2-12,25H,1H3/b24-11-. The molecule has 0 unspecified atom stereocenters. The third-order valence-corrected chi connectivity index (χ3v) is 3.62. The minimum atomic E-state index is -0.757. The molecule has 0 atom stereocenters. The number of nitrogens with one attached hydrogen (secondary N) is 1. The Kier molecular flexibility index (Phi) is 5.91. The summed E-state index contributed by atoms with van der Waals surface area (Å²) in [7, 11) is 1.43. The Morgan fingerprint density at radius 1 is 1.14 bits per heavy atom. The van der Waals surface area contributed by atoms with Gasteiger partial charge in [-0.2, -0.15) is 5.10 Å². The molecule has 0 spiro atoms. The van der Waals surface area contributed by atoms with Crippen molar-refractivity contribution < 1.29 is 23.0 Å². The van der Waals surface area contributed by atoms with E-state index in [4.69, 9.17) is 9.47 Å². The Balaban J connectivity index is 1.71. The van der Waals surface area contributed by atoms with Gasteiger partial charge in [0.05, 0.1) is 24.6 Å². The Labute approximate surface area is 159 Å². The lowest BCUT2D eigenvalue weighted by Gasteiger charge is -2.09. The van der Waals surface area contributed by atoms with E-state index in [1.165, 1.54) is 25.6 Å². The quantitative estimate of drug-likeness (QED) is 0.301. The predicted octanol–water partition coefficient (Wildman–Crippen LogP) is 4.03. The minimum Gasteiger partial charge on any atom is -0.493 e. The molecule has 3 rings (SSSR count). The molecule has 1 heterocycles. The van der Waals surface area contributed by atoms with Gasteiger partial charge in [0.1, 0.15) is 5.82 Å². The van der Waals surface area contributed by atoms with E-state index in [0.29, 0.717) is 16.9 Å². The van der Waals surface area contributed by atoms with Gasteiger partial charge >= 0.3 is 5.97 Å². The van der Waals surface area contributed by atoms with Gasteiger partial charge in [-0.15, -0.1) is 0 Å². The van der Waals surface area contributed by atoms with Crippen molar-refractivity contribution in [3.8, 4) is 11.5 Å². The van der Waals surface area contributed by atoms with Crippen LogP contribution in [0.25, 0.3) is 0 Å². The maximum atomic E-state index is 13.6. The summed E-state index contributed by atoms with van der Waals surface area (Å²) in [6.45, 7) is 0. The molecule has 0 aliphatic heterocycles. The first-order chi connectivity index (χ1) is 13.6. The smallest absolute Gasteiger partial charge is 0.345 e. The maximum Gasteiger partial charge on any atom is 0.345 e. The van der Waals surface area contributed by atoms with Crippen molar-refractivity contribution in [2.24, 2.45) is 5.10 Å². The first-order valence-corrected chi connectivity index (χ1v) is 8.11. The number of pyridine rings is 1. The summed E-state index contributed by atoms with van der Waals surface area (Å²) in [6.07, 6.45) is 4.37. The van der Waals surface area contributed by atoms with Gasteiger partial charge in [0.2, 0.25) is 0 Å². The topological polar surface area (TPSA) is 72.8 Å². The summed E-state index contributed by atoms with van der Waals surface area (Å²) in [4.78, 5) is 16.0. The zero-order chi connectivity index (χ0) is 19.9. The molecule has 0 bridgehead atoms. The third-order valence-electron chi connectivity index (χ3n) is 3.62. The molecule has 1 aromatic heterocycles. The van der Waals surface area contributed by atoms with Gasteiger partial charge < -0.3 is 9.47 Å². The van der Waals surface area contributed by atoms with Crippen LogP contribution in [0, 0.1) is 11.6 Å². The van der Waals surface area contributed by atoms with Gasteiger partial charge in [-0.25, -0.2) is 13.6 Å². The van der Waals surface area contributed by atoms with Crippen LogP contribution in [0.5, 0.6) is 11.5 Å². The largest absolute Gasteiger partial charge is 0.493 e. The zero-order valence-corrected chi connectivity index (χ0v) is 14.7. The summed E-state index contributed by atoms with van der Waals surface area (Å²) in [5, 5.41) is 3.91. The van der Waals surface area contributed by atoms with Crippen LogP contribution in [-0.2, 0) is 0 Å². The van der Waals surface area contributed by atoms with Crippen LogP contribution < -0.4 is 14.9 Å². The number of carbonyl (C=O) groups excluding carboxylic acids is 1. The highest BCUT2D eigenvalue weighted by Gasteiger charge is 2.12. The lowest BCUT2D eigenvalue weighted by molar-refractivity contribution is 0.0729. The molecular formula is C20H15F2N3O3. The number of hydrogen-bond acceptors (Lipinski definition) is 6. The Hall–Kier alpha value is -3.81. The molecule has 0 fully saturated rings. The van der Waals surface area contributed by atoms with E-state index in [1.807, 2.05) is 0 Å². The van der Waals surface area contributed by atoms with Gasteiger partial charge in [0.15, 0.2) is 17.3 Å². The van der Waals surface area contributed by atoms with E-state index in [2.05, 4.69) is 15.5 Å². The van der Waals surface area contributed by atoms with Crippen molar-refractivity contribution >= 4 is 17.9 Å². The first-order valence-electron chi connectivity index (χ1n) is 8.11. The maximum absolute atomic E-state index is 13.6. The van der Waals surface area contributed by atoms with Crippen LogP contribution in [0.4, 0.5) is 14.5 Å². The molecular weight excluding hydrogens is 368 g/mol. The lowest BCUT2D eigenvalue weighted by Crippen LogP contribution is -2.09. The van der Waals surface area contributed by atoms with Crippen molar-refractivity contribution in [2.45, 2.75) is 0 Å². The Morgan fingerprint density at radius 2 is 2.00 bits per heavy atom. The normalized spacial score (nSPS) is 10.7. The van der Waals surface area contributed by atoms with Gasteiger partial charge in [0.25, 0.3) is 0 Å². The molecule has 0 amide bonds. The molecule has 0 saturated heterocycles. The van der Waals surface area contributed by atoms with Crippen LogP contribution in [0.2, 0.25) is 0 Å².